The summed E-state index contributed by atoms with van der Waals surface area (Å²) in [6.45, 7) is 4.31. The summed E-state index contributed by atoms with van der Waals surface area (Å²) in [6, 6.07) is 7.50. The zero-order chi connectivity index (χ0) is 24.1. The fraction of sp³-hybridized carbons (Fsp3) is 0.261. The van der Waals surface area contributed by atoms with Gasteiger partial charge in [0.05, 0.1) is 37.0 Å². The average Bonchev–Trinajstić information content (AvgIpc) is 3.44. The lowest BCUT2D eigenvalue weighted by atomic mass is 10.1. The van der Waals surface area contributed by atoms with Gasteiger partial charge >= 0.3 is 5.97 Å². The van der Waals surface area contributed by atoms with Gasteiger partial charge in [-0.05, 0) is 31.5 Å². The van der Waals surface area contributed by atoms with Gasteiger partial charge in [-0.25, -0.2) is 9.97 Å². The van der Waals surface area contributed by atoms with Gasteiger partial charge in [0, 0.05) is 16.3 Å². The number of fused-ring (bicyclic) bond motifs is 1. The monoisotopic (exact) mass is 498 g/mol. The number of anilines is 1. The molecule has 0 saturated carbocycles. The fourth-order valence-electron chi connectivity index (χ4n) is 3.31. The average molecular weight is 499 g/mol. The van der Waals surface area contributed by atoms with Crippen LogP contribution >= 0.6 is 22.7 Å². The molecule has 11 heteroatoms. The van der Waals surface area contributed by atoms with Crippen LogP contribution in [-0.4, -0.2) is 39.6 Å². The standard InChI is InChI=1S/C23H22N4O5S2/c1-3-31-16-7-5-14(6-8-16)17-12-33-21-20(17)22(30)27(13-24-21)10-18(28)26-23-25-15(11-34-23)9-19(29)32-4-2/h5-8,11-13H,3-4,9-10H2,1-2H3,(H,25,26,28). The molecular weight excluding hydrogens is 476 g/mol. The van der Waals surface area contributed by atoms with Crippen molar-refractivity contribution in [2.45, 2.75) is 26.8 Å². The lowest BCUT2D eigenvalue weighted by Gasteiger charge is -2.07. The molecule has 9 nitrogen and oxygen atoms in total. The molecule has 0 atom stereocenters. The topological polar surface area (TPSA) is 112 Å². The molecule has 0 aliphatic carbocycles. The van der Waals surface area contributed by atoms with Crippen LogP contribution in [0.2, 0.25) is 0 Å². The minimum absolute atomic E-state index is 0.0345. The van der Waals surface area contributed by atoms with Crippen LogP contribution in [0.4, 0.5) is 5.13 Å². The normalized spacial score (nSPS) is 10.9. The third kappa shape index (κ3) is 5.32. The van der Waals surface area contributed by atoms with Gasteiger partial charge in [-0.2, -0.15) is 0 Å². The minimum Gasteiger partial charge on any atom is -0.494 e. The van der Waals surface area contributed by atoms with Crippen molar-refractivity contribution in [2.75, 3.05) is 18.5 Å². The summed E-state index contributed by atoms with van der Waals surface area (Å²) in [7, 11) is 0. The van der Waals surface area contributed by atoms with Crippen LogP contribution in [0.15, 0.2) is 46.1 Å². The maximum atomic E-state index is 13.2. The van der Waals surface area contributed by atoms with Gasteiger partial charge in [0.1, 0.15) is 17.1 Å². The number of hydrogen-bond acceptors (Lipinski definition) is 9. The highest BCUT2D eigenvalue weighted by molar-refractivity contribution is 7.17. The number of ether oxygens (including phenoxy) is 2. The Bertz CT molecular complexity index is 1370. The number of amides is 1. The number of carbonyl (C=O) groups excluding carboxylic acids is 2. The molecule has 4 aromatic rings. The summed E-state index contributed by atoms with van der Waals surface area (Å²) in [6.07, 6.45) is 1.41. The molecule has 0 fully saturated rings. The second kappa shape index (κ2) is 10.6. The summed E-state index contributed by atoms with van der Waals surface area (Å²) < 4.78 is 11.7. The summed E-state index contributed by atoms with van der Waals surface area (Å²) in [4.78, 5) is 46.5. The second-order valence-corrected chi connectivity index (χ2v) is 8.85. The predicted octanol–water partition coefficient (Wildman–Crippen LogP) is 3.72. The van der Waals surface area contributed by atoms with Crippen LogP contribution in [0.25, 0.3) is 21.3 Å². The molecule has 0 saturated heterocycles. The van der Waals surface area contributed by atoms with Crippen LogP contribution in [0.1, 0.15) is 19.5 Å². The number of nitrogens with zero attached hydrogens (tertiary/aromatic N) is 3. The van der Waals surface area contributed by atoms with E-state index in [1.807, 2.05) is 36.6 Å². The van der Waals surface area contributed by atoms with Crippen LogP contribution in [0, 0.1) is 0 Å². The first kappa shape index (κ1) is 23.6. The van der Waals surface area contributed by atoms with Gasteiger partial charge in [-0.15, -0.1) is 22.7 Å². The highest BCUT2D eigenvalue weighted by atomic mass is 32.1. The molecule has 0 unspecified atom stereocenters. The molecular formula is C23H22N4O5S2. The molecule has 0 spiro atoms. The highest BCUT2D eigenvalue weighted by Crippen LogP contribution is 2.31. The molecule has 0 aliphatic rings. The number of aromatic nitrogens is 3. The smallest absolute Gasteiger partial charge is 0.311 e. The SMILES string of the molecule is CCOC(=O)Cc1csc(NC(=O)Cn2cnc3scc(-c4ccc(OCC)cc4)c3c2=O)n1. The molecule has 1 amide bonds. The van der Waals surface area contributed by atoms with E-state index in [1.54, 1.807) is 12.3 Å². The number of carbonyl (C=O) groups is 2. The zero-order valence-electron chi connectivity index (χ0n) is 18.6. The van der Waals surface area contributed by atoms with E-state index < -0.39 is 5.91 Å². The van der Waals surface area contributed by atoms with Crippen molar-refractivity contribution in [1.82, 2.24) is 14.5 Å². The van der Waals surface area contributed by atoms with Crippen molar-refractivity contribution >= 4 is 49.9 Å². The number of nitrogens with one attached hydrogen (secondary N) is 1. The Labute approximate surface area is 203 Å². The van der Waals surface area contributed by atoms with Crippen molar-refractivity contribution in [2.24, 2.45) is 0 Å². The molecule has 1 aromatic carbocycles. The molecule has 3 heterocycles. The van der Waals surface area contributed by atoms with Gasteiger partial charge in [0.15, 0.2) is 5.13 Å². The number of hydrogen-bond donors (Lipinski definition) is 1. The molecule has 0 bridgehead atoms. The van der Waals surface area contributed by atoms with Gasteiger partial charge in [0.2, 0.25) is 5.91 Å². The van der Waals surface area contributed by atoms with Crippen LogP contribution in [0.3, 0.4) is 0 Å². The minimum atomic E-state index is -0.418. The van der Waals surface area contributed by atoms with E-state index in [2.05, 4.69) is 15.3 Å². The predicted molar refractivity (Wildman–Crippen MR) is 132 cm³/mol. The van der Waals surface area contributed by atoms with Crippen LogP contribution in [0.5, 0.6) is 5.75 Å². The van der Waals surface area contributed by atoms with Gasteiger partial charge in [-0.1, -0.05) is 12.1 Å². The maximum absolute atomic E-state index is 13.2. The molecule has 0 radical (unpaired) electrons. The van der Waals surface area contributed by atoms with Crippen molar-refractivity contribution in [3.63, 3.8) is 0 Å². The Morgan fingerprint density at radius 3 is 2.62 bits per heavy atom. The molecule has 4 rings (SSSR count). The lowest BCUT2D eigenvalue weighted by molar-refractivity contribution is -0.142. The number of esters is 1. The molecule has 0 aliphatic heterocycles. The first-order valence-electron chi connectivity index (χ1n) is 10.6. The van der Waals surface area contributed by atoms with Gasteiger partial charge < -0.3 is 14.8 Å². The third-order valence-electron chi connectivity index (χ3n) is 4.78. The number of thiophene rings is 1. The summed E-state index contributed by atoms with van der Waals surface area (Å²) in [5.41, 5.74) is 1.84. The van der Waals surface area contributed by atoms with E-state index >= 15 is 0 Å². The Kier molecular flexibility index (Phi) is 7.33. The van der Waals surface area contributed by atoms with Crippen molar-refractivity contribution < 1.29 is 19.1 Å². The fourth-order valence-corrected chi connectivity index (χ4v) is 4.94. The largest absolute Gasteiger partial charge is 0.494 e. The Morgan fingerprint density at radius 1 is 1.09 bits per heavy atom. The Hall–Kier alpha value is -3.57. The van der Waals surface area contributed by atoms with Gasteiger partial charge in [0.25, 0.3) is 5.56 Å². The zero-order valence-corrected chi connectivity index (χ0v) is 20.2. The second-order valence-electron chi connectivity index (χ2n) is 7.14. The van der Waals surface area contributed by atoms with E-state index in [0.29, 0.717) is 34.3 Å². The Balaban J connectivity index is 1.50. The van der Waals surface area contributed by atoms with Gasteiger partial charge in [-0.3, -0.25) is 19.0 Å². The summed E-state index contributed by atoms with van der Waals surface area (Å²) in [5, 5.41) is 7.05. The number of benzene rings is 1. The summed E-state index contributed by atoms with van der Waals surface area (Å²) in [5.74, 6) is -0.0422. The Morgan fingerprint density at radius 2 is 1.88 bits per heavy atom. The first-order valence-corrected chi connectivity index (χ1v) is 12.3. The van der Waals surface area contributed by atoms with Crippen molar-refractivity contribution in [3.05, 3.63) is 57.4 Å². The molecule has 176 valence electrons. The highest BCUT2D eigenvalue weighted by Gasteiger charge is 2.16. The van der Waals surface area contributed by atoms with E-state index in [1.165, 1.54) is 33.6 Å². The van der Waals surface area contributed by atoms with Crippen molar-refractivity contribution in [1.29, 1.82) is 0 Å². The summed E-state index contributed by atoms with van der Waals surface area (Å²) >= 11 is 2.57. The van der Waals surface area contributed by atoms with E-state index in [-0.39, 0.29) is 24.5 Å². The quantitative estimate of drug-likeness (QED) is 0.350. The maximum Gasteiger partial charge on any atom is 0.311 e. The van der Waals surface area contributed by atoms with E-state index in [4.69, 9.17) is 9.47 Å². The van der Waals surface area contributed by atoms with E-state index in [0.717, 1.165) is 16.9 Å². The van der Waals surface area contributed by atoms with Crippen LogP contribution < -0.4 is 15.6 Å². The molecule has 3 aromatic heterocycles. The molecule has 1 N–H and O–H groups in total. The third-order valence-corrected chi connectivity index (χ3v) is 6.47. The number of rotatable bonds is 9. The van der Waals surface area contributed by atoms with Crippen LogP contribution in [-0.2, 0) is 27.3 Å². The molecule has 34 heavy (non-hydrogen) atoms. The number of thiazole rings is 1. The lowest BCUT2D eigenvalue weighted by Crippen LogP contribution is -2.27. The van der Waals surface area contributed by atoms with Crippen molar-refractivity contribution in [3.8, 4) is 16.9 Å². The van der Waals surface area contributed by atoms with E-state index in [9.17, 15) is 14.4 Å². The first-order chi connectivity index (χ1) is 16.5.